The molecule has 2 aromatic carbocycles. The molecule has 3 saturated heterocycles. The molecule has 2 atom stereocenters. The van der Waals surface area contributed by atoms with Crippen molar-refractivity contribution in [2.45, 2.75) is 69.2 Å². The number of pyridine rings is 1. The second kappa shape index (κ2) is 12.8. The van der Waals surface area contributed by atoms with Gasteiger partial charge in [0.25, 0.3) is 0 Å². The molecule has 3 aliphatic heterocycles. The molecule has 10 nitrogen and oxygen atoms in total. The highest BCUT2D eigenvalue weighted by Gasteiger charge is 2.57. The first-order valence-electron chi connectivity index (χ1n) is 18.1. The van der Waals surface area contributed by atoms with Crippen LogP contribution >= 0.6 is 0 Å². The number of rotatable bonds is 6. The van der Waals surface area contributed by atoms with E-state index in [-0.39, 0.29) is 44.9 Å². The molecule has 9 rings (SSSR count). The van der Waals surface area contributed by atoms with E-state index in [1.54, 1.807) is 0 Å². The molecule has 5 aliphatic rings. The van der Waals surface area contributed by atoms with Crippen LogP contribution in [0, 0.1) is 29.4 Å². The molecule has 1 spiro atoms. The van der Waals surface area contributed by atoms with Crippen LogP contribution < -0.4 is 9.64 Å². The van der Waals surface area contributed by atoms with E-state index in [9.17, 15) is 9.50 Å². The third-order valence-corrected chi connectivity index (χ3v) is 11.8. The van der Waals surface area contributed by atoms with Gasteiger partial charge in [0.05, 0.1) is 37.4 Å². The second-order valence-electron chi connectivity index (χ2n) is 14.7. The van der Waals surface area contributed by atoms with Gasteiger partial charge < -0.3 is 29.0 Å². The summed E-state index contributed by atoms with van der Waals surface area (Å²) in [6.07, 6.45) is 15.2. The van der Waals surface area contributed by atoms with Gasteiger partial charge in [-0.2, -0.15) is 9.97 Å². The number of piperidine rings is 1. The monoisotopic (exact) mass is 697 g/mol. The predicted octanol–water partition coefficient (Wildman–Crippen LogP) is 5.96. The normalized spacial score (nSPS) is 25.2. The number of anilines is 1. The molecule has 0 unspecified atom stereocenters. The van der Waals surface area contributed by atoms with E-state index in [2.05, 4.69) is 20.7 Å². The molecule has 2 aromatic heterocycles. The van der Waals surface area contributed by atoms with Gasteiger partial charge in [-0.25, -0.2) is 8.78 Å². The summed E-state index contributed by atoms with van der Waals surface area (Å²) in [7, 11) is 0. The molecule has 12 heteroatoms. The fourth-order valence-electron chi connectivity index (χ4n) is 9.44. The highest BCUT2D eigenvalue weighted by molar-refractivity contribution is 6.03. The Labute approximate surface area is 295 Å². The SMILES string of the molecule is C#Cc1c(F)ccc2cc(O)cc(-c3ncc4c(N5CCCOCC5)nc(OC[C@]56CCC[C@H]5N(C5CC7(C5)OCCO7)CCC6)nc4c3F)c12. The fourth-order valence-corrected chi connectivity index (χ4v) is 9.44. The van der Waals surface area contributed by atoms with E-state index in [0.717, 1.165) is 57.9 Å². The Kier molecular flexibility index (Phi) is 8.22. The molecule has 2 aliphatic carbocycles. The molecule has 4 aromatic rings. The number of hydrogen-bond acceptors (Lipinski definition) is 10. The first-order valence-corrected chi connectivity index (χ1v) is 18.1. The van der Waals surface area contributed by atoms with Crippen molar-refractivity contribution in [3.8, 4) is 35.4 Å². The van der Waals surface area contributed by atoms with Crippen LogP contribution in [0.3, 0.4) is 0 Å². The lowest BCUT2D eigenvalue weighted by molar-refractivity contribution is -0.242. The Morgan fingerprint density at radius 1 is 1.00 bits per heavy atom. The summed E-state index contributed by atoms with van der Waals surface area (Å²) >= 11 is 0. The molecule has 5 fully saturated rings. The van der Waals surface area contributed by atoms with E-state index in [0.29, 0.717) is 74.8 Å². The van der Waals surface area contributed by atoms with Gasteiger partial charge in [0.2, 0.25) is 0 Å². The zero-order chi connectivity index (χ0) is 34.7. The number of phenols is 1. The van der Waals surface area contributed by atoms with E-state index in [1.807, 2.05) is 0 Å². The van der Waals surface area contributed by atoms with Crippen molar-refractivity contribution in [1.82, 2.24) is 19.9 Å². The number of ether oxygens (including phenoxy) is 4. The van der Waals surface area contributed by atoms with Crippen LogP contribution in [0.2, 0.25) is 0 Å². The average Bonchev–Trinajstić information content (AvgIpc) is 3.71. The third-order valence-electron chi connectivity index (χ3n) is 11.8. The van der Waals surface area contributed by atoms with Crippen molar-refractivity contribution in [3.05, 3.63) is 47.7 Å². The standard InChI is InChI=1S/C39H41F2N5O5/c1-2-27-30(40)8-7-24-18-26(47)19-28(32(24)27)34-33(41)35-29(22-42-34)36(45-11-5-14-48-15-13-45)44-37(43-35)49-23-38-9-3-6-31(38)46(12-4-10-38)25-20-39(21-25)50-16-17-51-39/h1,7-8,18-19,22,25,31,47H,3-6,9-17,20-21,23H2/t31-,38-/m1/s1. The maximum Gasteiger partial charge on any atom is 0.319 e. The van der Waals surface area contributed by atoms with E-state index < -0.39 is 17.4 Å². The quantitative estimate of drug-likeness (QED) is 0.243. The molecule has 0 amide bonds. The average molecular weight is 698 g/mol. The highest BCUT2D eigenvalue weighted by atomic mass is 19.1. The smallest absolute Gasteiger partial charge is 0.319 e. The number of halogens is 2. The first-order chi connectivity index (χ1) is 24.9. The van der Waals surface area contributed by atoms with Crippen molar-refractivity contribution in [2.24, 2.45) is 5.41 Å². The van der Waals surface area contributed by atoms with E-state index in [4.69, 9.17) is 35.3 Å². The molecule has 266 valence electrons. The minimum absolute atomic E-state index is 0.0300. The molecule has 2 saturated carbocycles. The molecule has 51 heavy (non-hydrogen) atoms. The van der Waals surface area contributed by atoms with Crippen molar-refractivity contribution in [3.63, 3.8) is 0 Å². The lowest BCUT2D eigenvalue weighted by Gasteiger charge is -2.55. The number of phenolic OH excluding ortho intramolecular Hbond substituents is 1. The van der Waals surface area contributed by atoms with Gasteiger partial charge in [-0.15, -0.1) is 6.42 Å². The maximum absolute atomic E-state index is 17.0. The highest BCUT2D eigenvalue weighted by Crippen LogP contribution is 2.52. The number of aromatic hydroxyl groups is 1. The topological polar surface area (TPSA) is 102 Å². The number of benzene rings is 2. The second-order valence-corrected chi connectivity index (χ2v) is 14.7. The van der Waals surface area contributed by atoms with Crippen LogP contribution in [0.1, 0.15) is 56.9 Å². The minimum Gasteiger partial charge on any atom is -0.508 e. The van der Waals surface area contributed by atoms with Crippen LogP contribution in [-0.4, -0.2) is 95.5 Å². The lowest BCUT2D eigenvalue weighted by Crippen LogP contribution is -2.63. The predicted molar refractivity (Wildman–Crippen MR) is 187 cm³/mol. The summed E-state index contributed by atoms with van der Waals surface area (Å²) in [6, 6.07) is 6.46. The van der Waals surface area contributed by atoms with Gasteiger partial charge >= 0.3 is 6.01 Å². The third kappa shape index (κ3) is 5.57. The largest absolute Gasteiger partial charge is 0.508 e. The van der Waals surface area contributed by atoms with Crippen LogP contribution in [-0.2, 0) is 14.2 Å². The Morgan fingerprint density at radius 2 is 1.84 bits per heavy atom. The van der Waals surface area contributed by atoms with Gasteiger partial charge in [-0.3, -0.25) is 9.88 Å². The van der Waals surface area contributed by atoms with Gasteiger partial charge in [-0.05, 0) is 62.2 Å². The van der Waals surface area contributed by atoms with Crippen LogP contribution in [0.15, 0.2) is 30.5 Å². The minimum atomic E-state index is -0.734. The van der Waals surface area contributed by atoms with E-state index >= 15 is 4.39 Å². The molecular weight excluding hydrogens is 656 g/mol. The fraction of sp³-hybridized carbons (Fsp3) is 0.513. The van der Waals surface area contributed by atoms with Crippen molar-refractivity contribution >= 4 is 27.5 Å². The number of nitrogens with zero attached hydrogens (tertiary/aromatic N) is 5. The number of hydrogen-bond donors (Lipinski definition) is 1. The summed E-state index contributed by atoms with van der Waals surface area (Å²) in [5, 5.41) is 11.8. The van der Waals surface area contributed by atoms with Gasteiger partial charge in [-0.1, -0.05) is 18.4 Å². The molecule has 1 N–H and O–H groups in total. The van der Waals surface area contributed by atoms with E-state index in [1.165, 1.54) is 30.5 Å². The maximum atomic E-state index is 17.0. The Hall–Kier alpha value is -4.15. The zero-order valence-corrected chi connectivity index (χ0v) is 28.5. The Bertz CT molecular complexity index is 2030. The molecule has 0 bridgehead atoms. The van der Waals surface area contributed by atoms with Crippen molar-refractivity contribution in [2.75, 3.05) is 57.6 Å². The van der Waals surface area contributed by atoms with Crippen LogP contribution in [0.5, 0.6) is 11.8 Å². The first kappa shape index (κ1) is 32.7. The van der Waals surface area contributed by atoms with Crippen LogP contribution in [0.25, 0.3) is 32.9 Å². The van der Waals surface area contributed by atoms with Crippen molar-refractivity contribution in [1.29, 1.82) is 0 Å². The zero-order valence-electron chi connectivity index (χ0n) is 28.5. The molecule has 0 radical (unpaired) electrons. The van der Waals surface area contributed by atoms with Crippen LogP contribution in [0.4, 0.5) is 14.6 Å². The Balaban J connectivity index is 1.09. The Morgan fingerprint density at radius 3 is 2.69 bits per heavy atom. The number of likely N-dealkylation sites (tertiary alicyclic amines) is 1. The lowest BCUT2D eigenvalue weighted by atomic mass is 9.72. The van der Waals surface area contributed by atoms with Gasteiger partial charge in [0, 0.05) is 67.2 Å². The number of terminal acetylenes is 1. The summed E-state index contributed by atoms with van der Waals surface area (Å²) in [4.78, 5) is 18.9. The summed E-state index contributed by atoms with van der Waals surface area (Å²) in [6.45, 7) is 5.16. The number of aromatic nitrogens is 3. The van der Waals surface area contributed by atoms with Gasteiger partial charge in [0.15, 0.2) is 11.6 Å². The molecule has 5 heterocycles. The molecular formula is C39H41F2N5O5. The summed E-state index contributed by atoms with van der Waals surface area (Å²) in [5.74, 6) is 1.05. The van der Waals surface area contributed by atoms with Gasteiger partial charge in [0.1, 0.15) is 28.6 Å². The summed E-state index contributed by atoms with van der Waals surface area (Å²) < 4.78 is 56.1. The number of fused-ring (bicyclic) bond motifs is 3. The summed E-state index contributed by atoms with van der Waals surface area (Å²) in [5.41, 5.74) is -0.00349. The van der Waals surface area contributed by atoms with Crippen molar-refractivity contribution < 1.29 is 32.8 Å².